The molecule has 0 heterocycles. The van der Waals surface area contributed by atoms with Crippen molar-refractivity contribution in [3.05, 3.63) is 0 Å². The monoisotopic (exact) mass is 299 g/mol. The van der Waals surface area contributed by atoms with E-state index in [0.717, 1.165) is 38.9 Å². The highest BCUT2D eigenvalue weighted by Crippen LogP contribution is 2.31. The van der Waals surface area contributed by atoms with Crippen molar-refractivity contribution in [3.63, 3.8) is 0 Å². The van der Waals surface area contributed by atoms with E-state index in [-0.39, 0.29) is 23.9 Å². The zero-order valence-electron chi connectivity index (χ0n) is 13.4. The molecule has 1 fully saturated rings. The number of hydrogen-bond donors (Lipinski definition) is 3. The van der Waals surface area contributed by atoms with Gasteiger partial charge in [-0.05, 0) is 38.8 Å². The molecule has 1 rings (SSSR count). The van der Waals surface area contributed by atoms with Crippen LogP contribution in [0.25, 0.3) is 0 Å². The number of urea groups is 1. The molecule has 3 N–H and O–H groups in total. The fourth-order valence-electron chi connectivity index (χ4n) is 3.02. The van der Waals surface area contributed by atoms with Gasteiger partial charge in [-0.2, -0.15) is 0 Å². The average Bonchev–Trinajstić information content (AvgIpc) is 2.91. The second-order valence-corrected chi connectivity index (χ2v) is 5.88. The third-order valence-electron chi connectivity index (χ3n) is 4.31. The van der Waals surface area contributed by atoms with Crippen molar-refractivity contribution in [3.8, 4) is 0 Å². The van der Waals surface area contributed by atoms with Crippen LogP contribution in [0.2, 0.25) is 0 Å². The zero-order valence-corrected chi connectivity index (χ0v) is 13.4. The standard InChI is InChI=1S/C15H29N3O3/c1-4-18(5-2)10-11(3)17-15(21)16-9-12-7-6-8-13(12)14(19)20/h11-13H,4-10H2,1-3H3,(H,19,20)(H2,16,17,21). The van der Waals surface area contributed by atoms with Gasteiger partial charge in [0.2, 0.25) is 0 Å². The number of amides is 2. The molecular formula is C15H29N3O3. The van der Waals surface area contributed by atoms with Crippen LogP contribution in [0.1, 0.15) is 40.0 Å². The summed E-state index contributed by atoms with van der Waals surface area (Å²) in [5, 5.41) is 14.8. The van der Waals surface area contributed by atoms with Crippen molar-refractivity contribution in [1.29, 1.82) is 0 Å². The molecule has 1 aliphatic carbocycles. The van der Waals surface area contributed by atoms with Crippen LogP contribution >= 0.6 is 0 Å². The number of carbonyl (C=O) groups excluding carboxylic acids is 1. The molecular weight excluding hydrogens is 270 g/mol. The van der Waals surface area contributed by atoms with Crippen LogP contribution < -0.4 is 10.6 Å². The number of carboxylic acids is 1. The minimum atomic E-state index is -0.741. The lowest BCUT2D eigenvalue weighted by atomic mass is 9.96. The summed E-state index contributed by atoms with van der Waals surface area (Å²) < 4.78 is 0. The van der Waals surface area contributed by atoms with Crippen molar-refractivity contribution in [2.24, 2.45) is 11.8 Å². The highest BCUT2D eigenvalue weighted by Gasteiger charge is 2.32. The van der Waals surface area contributed by atoms with Crippen molar-refractivity contribution in [1.82, 2.24) is 15.5 Å². The third-order valence-corrected chi connectivity index (χ3v) is 4.31. The topological polar surface area (TPSA) is 81.7 Å². The molecule has 2 amide bonds. The van der Waals surface area contributed by atoms with Gasteiger partial charge in [-0.3, -0.25) is 4.79 Å². The molecule has 3 atom stereocenters. The normalized spacial score (nSPS) is 23.0. The van der Waals surface area contributed by atoms with Crippen molar-refractivity contribution in [2.45, 2.75) is 46.1 Å². The van der Waals surface area contributed by atoms with Gasteiger partial charge in [0.25, 0.3) is 0 Å². The Balaban J connectivity index is 2.29. The summed E-state index contributed by atoms with van der Waals surface area (Å²) in [7, 11) is 0. The molecule has 0 bridgehead atoms. The van der Waals surface area contributed by atoms with Crippen molar-refractivity contribution in [2.75, 3.05) is 26.2 Å². The van der Waals surface area contributed by atoms with E-state index in [4.69, 9.17) is 5.11 Å². The molecule has 1 saturated carbocycles. The number of rotatable bonds is 8. The fourth-order valence-corrected chi connectivity index (χ4v) is 3.02. The molecule has 0 aromatic heterocycles. The predicted molar refractivity (Wildman–Crippen MR) is 82.3 cm³/mol. The molecule has 6 heteroatoms. The maximum atomic E-state index is 11.9. The molecule has 3 unspecified atom stereocenters. The van der Waals surface area contributed by atoms with Crippen LogP contribution in [-0.2, 0) is 4.79 Å². The summed E-state index contributed by atoms with van der Waals surface area (Å²) in [6.07, 6.45) is 2.54. The first-order valence-corrected chi connectivity index (χ1v) is 7.97. The summed E-state index contributed by atoms with van der Waals surface area (Å²) in [4.78, 5) is 25.2. The van der Waals surface area contributed by atoms with E-state index in [2.05, 4.69) is 29.4 Å². The quantitative estimate of drug-likeness (QED) is 0.634. The number of nitrogens with zero attached hydrogens (tertiary/aromatic N) is 1. The number of nitrogens with one attached hydrogen (secondary N) is 2. The number of likely N-dealkylation sites (N-methyl/N-ethyl adjacent to an activating group) is 1. The summed E-state index contributed by atoms with van der Waals surface area (Å²) >= 11 is 0. The lowest BCUT2D eigenvalue weighted by Gasteiger charge is -2.24. The Morgan fingerprint density at radius 2 is 1.95 bits per heavy atom. The van der Waals surface area contributed by atoms with Crippen LogP contribution in [0.15, 0.2) is 0 Å². The average molecular weight is 299 g/mol. The molecule has 0 aromatic rings. The summed E-state index contributed by atoms with van der Waals surface area (Å²) in [5.41, 5.74) is 0. The molecule has 0 radical (unpaired) electrons. The zero-order chi connectivity index (χ0) is 15.8. The summed E-state index contributed by atoms with van der Waals surface area (Å²) in [5.74, 6) is -0.987. The minimum Gasteiger partial charge on any atom is -0.481 e. The van der Waals surface area contributed by atoms with Gasteiger partial charge < -0.3 is 20.6 Å². The smallest absolute Gasteiger partial charge is 0.315 e. The Morgan fingerprint density at radius 3 is 2.52 bits per heavy atom. The predicted octanol–water partition coefficient (Wildman–Crippen LogP) is 1.52. The van der Waals surface area contributed by atoms with Crippen LogP contribution in [0, 0.1) is 11.8 Å². The second kappa shape index (κ2) is 8.87. The van der Waals surface area contributed by atoms with Crippen LogP contribution in [0.5, 0.6) is 0 Å². The van der Waals surface area contributed by atoms with Crippen molar-refractivity contribution >= 4 is 12.0 Å². The van der Waals surface area contributed by atoms with E-state index in [1.165, 1.54) is 0 Å². The van der Waals surface area contributed by atoms with Gasteiger partial charge >= 0.3 is 12.0 Å². The summed E-state index contributed by atoms with van der Waals surface area (Å²) in [6, 6.07) is -0.130. The van der Waals surface area contributed by atoms with Gasteiger partial charge in [-0.25, -0.2) is 4.79 Å². The van der Waals surface area contributed by atoms with E-state index in [0.29, 0.717) is 6.54 Å². The Hall–Kier alpha value is -1.30. The molecule has 0 aliphatic heterocycles. The Morgan fingerprint density at radius 1 is 1.29 bits per heavy atom. The Bertz CT molecular complexity index is 345. The van der Waals surface area contributed by atoms with Gasteiger partial charge in [0, 0.05) is 19.1 Å². The SMILES string of the molecule is CCN(CC)CC(C)NC(=O)NCC1CCCC1C(=O)O. The van der Waals surface area contributed by atoms with E-state index in [1.54, 1.807) is 0 Å². The van der Waals surface area contributed by atoms with Crippen LogP contribution in [0.4, 0.5) is 4.79 Å². The van der Waals surface area contributed by atoms with Gasteiger partial charge in [0.05, 0.1) is 5.92 Å². The number of hydrogen-bond acceptors (Lipinski definition) is 3. The summed E-state index contributed by atoms with van der Waals surface area (Å²) in [6.45, 7) is 9.37. The number of carbonyl (C=O) groups is 2. The van der Waals surface area contributed by atoms with Gasteiger partial charge in [0.1, 0.15) is 0 Å². The first kappa shape index (κ1) is 17.8. The Labute approximate surface area is 127 Å². The van der Waals surface area contributed by atoms with Gasteiger partial charge in [0.15, 0.2) is 0 Å². The minimum absolute atomic E-state index is 0.0614. The number of aliphatic carboxylic acids is 1. The van der Waals surface area contributed by atoms with E-state index in [1.807, 2.05) is 6.92 Å². The fraction of sp³-hybridized carbons (Fsp3) is 0.867. The van der Waals surface area contributed by atoms with E-state index < -0.39 is 5.97 Å². The maximum Gasteiger partial charge on any atom is 0.315 e. The van der Waals surface area contributed by atoms with Crippen molar-refractivity contribution < 1.29 is 14.7 Å². The molecule has 0 aromatic carbocycles. The highest BCUT2D eigenvalue weighted by atomic mass is 16.4. The third kappa shape index (κ3) is 5.91. The number of carboxylic acid groups (broad SMARTS) is 1. The van der Waals surface area contributed by atoms with Gasteiger partial charge in [-0.15, -0.1) is 0 Å². The lowest BCUT2D eigenvalue weighted by Crippen LogP contribution is -2.47. The van der Waals surface area contributed by atoms with Gasteiger partial charge in [-0.1, -0.05) is 20.3 Å². The molecule has 0 saturated heterocycles. The van der Waals surface area contributed by atoms with E-state index >= 15 is 0 Å². The molecule has 122 valence electrons. The van der Waals surface area contributed by atoms with Crippen LogP contribution in [-0.4, -0.2) is 54.2 Å². The largest absolute Gasteiger partial charge is 0.481 e. The second-order valence-electron chi connectivity index (χ2n) is 5.88. The van der Waals surface area contributed by atoms with E-state index in [9.17, 15) is 9.59 Å². The lowest BCUT2D eigenvalue weighted by molar-refractivity contribution is -0.142. The molecule has 1 aliphatic rings. The Kier molecular flexibility index (Phi) is 7.50. The van der Waals surface area contributed by atoms with Crippen LogP contribution in [0.3, 0.4) is 0 Å². The first-order valence-electron chi connectivity index (χ1n) is 7.97. The first-order chi connectivity index (χ1) is 9.97. The molecule has 0 spiro atoms. The molecule has 6 nitrogen and oxygen atoms in total. The molecule has 21 heavy (non-hydrogen) atoms. The highest BCUT2D eigenvalue weighted by molar-refractivity contribution is 5.74. The maximum absolute atomic E-state index is 11.9.